The van der Waals surface area contributed by atoms with Crippen LogP contribution in [0, 0.1) is 40.5 Å². The Kier molecular flexibility index (Phi) is 20.3. The van der Waals surface area contributed by atoms with Gasteiger partial charge in [-0.1, -0.05) is 126 Å². The number of carbonyl (C=O) groups excluding carboxylic acids is 2. The third kappa shape index (κ3) is 12.7. The number of aromatic hydroxyl groups is 1. The van der Waals surface area contributed by atoms with Gasteiger partial charge in [0.05, 0.1) is 6.61 Å². The summed E-state index contributed by atoms with van der Waals surface area (Å²) in [6.07, 6.45) is 4.35. The summed E-state index contributed by atoms with van der Waals surface area (Å²) in [7, 11) is 0. The van der Waals surface area contributed by atoms with E-state index in [4.69, 9.17) is 10.5 Å². The van der Waals surface area contributed by atoms with Gasteiger partial charge < -0.3 is 20.7 Å². The van der Waals surface area contributed by atoms with E-state index in [2.05, 4.69) is 41.5 Å². The van der Waals surface area contributed by atoms with Crippen molar-refractivity contribution in [1.82, 2.24) is 0 Å². The molecule has 0 saturated carbocycles. The van der Waals surface area contributed by atoms with Gasteiger partial charge in [-0.3, -0.25) is 9.59 Å². The van der Waals surface area contributed by atoms with Crippen LogP contribution in [-0.4, -0.2) is 28.0 Å². The second-order valence-electron chi connectivity index (χ2n) is 15.1. The predicted octanol–water partition coefficient (Wildman–Crippen LogP) is 11.5. The van der Waals surface area contributed by atoms with Crippen molar-refractivity contribution in [3.63, 3.8) is 0 Å². The van der Waals surface area contributed by atoms with Crippen LogP contribution in [0.15, 0.2) is 36.4 Å². The van der Waals surface area contributed by atoms with Crippen LogP contribution in [0.3, 0.4) is 0 Å². The first kappa shape index (κ1) is 49.3. The summed E-state index contributed by atoms with van der Waals surface area (Å²) in [5.74, 6) is -0.157. The van der Waals surface area contributed by atoms with Crippen LogP contribution >= 0.6 is 0 Å². The number of esters is 1. The number of phenols is 1. The van der Waals surface area contributed by atoms with Crippen molar-refractivity contribution in [2.75, 3.05) is 0 Å². The van der Waals surface area contributed by atoms with E-state index in [1.54, 1.807) is 6.07 Å². The Hall–Kier alpha value is -3.74. The van der Waals surface area contributed by atoms with Gasteiger partial charge in [0.2, 0.25) is 0 Å². The van der Waals surface area contributed by atoms with Crippen molar-refractivity contribution in [1.29, 1.82) is 0 Å². The smallest absolute Gasteiger partial charge is 0.311 e. The topological polar surface area (TPSA) is 110 Å². The fourth-order valence-electron chi connectivity index (χ4n) is 6.03. The van der Waals surface area contributed by atoms with Crippen LogP contribution in [0.4, 0.5) is 0 Å². The van der Waals surface area contributed by atoms with Crippen molar-refractivity contribution in [3.8, 4) is 11.5 Å². The largest absolute Gasteiger partial charge is 0.507 e. The van der Waals surface area contributed by atoms with Gasteiger partial charge in [0.25, 0.3) is 0 Å². The van der Waals surface area contributed by atoms with Crippen molar-refractivity contribution in [2.45, 2.75) is 161 Å². The minimum Gasteiger partial charge on any atom is -0.507 e. The first-order valence-corrected chi connectivity index (χ1v) is 19.6. The molecule has 0 radical (unpaired) electrons. The zero-order valence-electron chi connectivity index (χ0n) is 36.5. The van der Waals surface area contributed by atoms with E-state index in [0.717, 1.165) is 50.1 Å². The molecule has 3 rings (SSSR count). The molecule has 0 bridgehead atoms. The zero-order chi connectivity index (χ0) is 41.6. The van der Waals surface area contributed by atoms with E-state index in [-0.39, 0.29) is 35.6 Å². The van der Waals surface area contributed by atoms with Crippen LogP contribution in [0.25, 0.3) is 6.08 Å². The number of phenolic OH excluding ortho intramolecular Hbond substituents is 1. The monoisotopic (exact) mass is 732 g/mol. The Morgan fingerprint density at radius 3 is 1.75 bits per heavy atom. The summed E-state index contributed by atoms with van der Waals surface area (Å²) >= 11 is 0. The van der Waals surface area contributed by atoms with Gasteiger partial charge >= 0.3 is 5.97 Å². The molecule has 0 amide bonds. The van der Waals surface area contributed by atoms with Crippen molar-refractivity contribution < 1.29 is 24.5 Å². The zero-order valence-corrected chi connectivity index (χ0v) is 36.5. The molecule has 2 atom stereocenters. The molecule has 0 aliphatic rings. The Morgan fingerprint density at radius 2 is 1.28 bits per heavy atom. The third-order valence-electron chi connectivity index (χ3n) is 9.66. The number of aliphatic hydroxyl groups excluding tert-OH is 1. The normalized spacial score (nSPS) is 12.4. The number of aliphatic hydroxyl groups is 1. The van der Waals surface area contributed by atoms with Gasteiger partial charge in [-0.25, -0.2) is 0 Å². The van der Waals surface area contributed by atoms with Gasteiger partial charge in [0, 0.05) is 23.9 Å². The van der Waals surface area contributed by atoms with Gasteiger partial charge in [0.15, 0.2) is 5.78 Å². The fraction of sp³-hybridized carbons (Fsp3) is 0.532. The number of ketones is 1. The lowest BCUT2D eigenvalue weighted by Crippen LogP contribution is -2.33. The molecular formula is C47H73NO5. The van der Waals surface area contributed by atoms with Crippen molar-refractivity contribution in [2.24, 2.45) is 11.7 Å². The molecule has 6 nitrogen and oxygen atoms in total. The van der Waals surface area contributed by atoms with E-state index in [1.165, 1.54) is 0 Å². The molecule has 0 aliphatic carbocycles. The average molecular weight is 732 g/mol. The van der Waals surface area contributed by atoms with E-state index in [1.807, 2.05) is 120 Å². The molecule has 3 aromatic rings. The third-order valence-corrected chi connectivity index (χ3v) is 9.66. The molecule has 6 heteroatoms. The number of aryl methyl sites for hydroxylation is 1. The summed E-state index contributed by atoms with van der Waals surface area (Å²) in [4.78, 5) is 26.7. The van der Waals surface area contributed by atoms with E-state index in [9.17, 15) is 19.8 Å². The molecule has 0 fully saturated rings. The van der Waals surface area contributed by atoms with E-state index >= 15 is 0 Å². The number of hydrogen-bond acceptors (Lipinski definition) is 6. The fourth-order valence-corrected chi connectivity index (χ4v) is 6.03. The maximum Gasteiger partial charge on any atom is 0.311 e. The molecular weight excluding hydrogens is 659 g/mol. The number of ether oxygens (including phenoxy) is 1. The molecule has 53 heavy (non-hydrogen) atoms. The molecule has 0 heterocycles. The molecule has 0 spiro atoms. The van der Waals surface area contributed by atoms with Gasteiger partial charge in [-0.2, -0.15) is 0 Å². The molecule has 3 aromatic carbocycles. The second kappa shape index (κ2) is 21.8. The first-order valence-electron chi connectivity index (χ1n) is 19.6. The summed E-state index contributed by atoms with van der Waals surface area (Å²) in [6.45, 7) is 35.8. The predicted molar refractivity (Wildman–Crippen MR) is 227 cm³/mol. The van der Waals surface area contributed by atoms with Crippen molar-refractivity contribution >= 4 is 17.8 Å². The minimum absolute atomic E-state index is 0.0906. The quantitative estimate of drug-likeness (QED) is 0.109. The summed E-state index contributed by atoms with van der Waals surface area (Å²) < 4.78 is 5.82. The van der Waals surface area contributed by atoms with E-state index in [0.29, 0.717) is 29.0 Å². The number of nitrogens with two attached hydrogens (primary N) is 1. The Morgan fingerprint density at radius 1 is 0.792 bits per heavy atom. The highest BCUT2D eigenvalue weighted by Gasteiger charge is 2.28. The standard InChI is InChI=1S/C41H55NO5.3C2H6/c1-23-24(2)26(4)37(31(22-43)25(23)3)38(45)28(6)34(42)18-17-30-14-13-15-35(27(30)5)47-36(44)19-16-29-20-32(40(7,8)9)39(46)33(21-29)41(10,11)12;3*1-2/h13-15,17-18,20-21,28,34,43,46H,16,19,22,42H2,1-12H3;3*1-2H3/b18-17-;;;. The van der Waals surface area contributed by atoms with Crippen LogP contribution < -0.4 is 10.5 Å². The average Bonchev–Trinajstić information content (AvgIpc) is 3.12. The highest BCUT2D eigenvalue weighted by atomic mass is 16.5. The molecule has 4 N–H and O–H groups in total. The van der Waals surface area contributed by atoms with E-state index < -0.39 is 12.0 Å². The number of Topliss-reactive ketones (excluding diaryl/α,β-unsaturated/α-hetero) is 1. The van der Waals surface area contributed by atoms with Crippen LogP contribution in [0.1, 0.15) is 162 Å². The lowest BCUT2D eigenvalue weighted by molar-refractivity contribution is -0.134. The number of benzene rings is 3. The summed E-state index contributed by atoms with van der Waals surface area (Å²) in [5.41, 5.74) is 15.5. The SMILES string of the molecule is CC.CC.CC.Cc1c(/C=C\C(N)C(C)C(=O)c2c(C)c(C)c(C)c(C)c2CO)cccc1OC(=O)CCc1cc(C(C)(C)C)c(O)c(C(C)(C)C)c1. The second-order valence-corrected chi connectivity index (χ2v) is 15.1. The lowest BCUT2D eigenvalue weighted by Gasteiger charge is -2.28. The van der Waals surface area contributed by atoms with Crippen LogP contribution in [0.2, 0.25) is 0 Å². The lowest BCUT2D eigenvalue weighted by atomic mass is 9.78. The number of rotatable bonds is 10. The molecule has 0 aromatic heterocycles. The Labute approximate surface area is 323 Å². The van der Waals surface area contributed by atoms with Crippen LogP contribution in [-0.2, 0) is 28.7 Å². The van der Waals surface area contributed by atoms with Gasteiger partial charge in [-0.15, -0.1) is 0 Å². The highest BCUT2D eigenvalue weighted by molar-refractivity contribution is 6.01. The molecule has 0 saturated heterocycles. The Bertz CT molecular complexity index is 1650. The van der Waals surface area contributed by atoms with Crippen molar-refractivity contribution in [3.05, 3.63) is 97.6 Å². The maximum atomic E-state index is 13.7. The summed E-state index contributed by atoms with van der Waals surface area (Å²) in [6, 6.07) is 8.94. The molecule has 2 unspecified atom stereocenters. The highest BCUT2D eigenvalue weighted by Crippen LogP contribution is 2.40. The summed E-state index contributed by atoms with van der Waals surface area (Å²) in [5, 5.41) is 21.1. The van der Waals surface area contributed by atoms with Gasteiger partial charge in [-0.05, 0) is 114 Å². The maximum absolute atomic E-state index is 13.7. The molecule has 0 aliphatic heterocycles. The van der Waals surface area contributed by atoms with Gasteiger partial charge in [0.1, 0.15) is 11.5 Å². The van der Waals surface area contributed by atoms with Crippen LogP contribution in [0.5, 0.6) is 11.5 Å². The number of carbonyl (C=O) groups is 2. The minimum atomic E-state index is -0.567. The number of hydrogen-bond donors (Lipinski definition) is 3. The molecule has 296 valence electrons. The first-order chi connectivity index (χ1) is 24.7. The Balaban J connectivity index is 0.00000428.